The van der Waals surface area contributed by atoms with Gasteiger partial charge in [0.15, 0.2) is 0 Å². The number of rotatable bonds is 4. The van der Waals surface area contributed by atoms with Crippen molar-refractivity contribution in [2.24, 2.45) is 0 Å². The van der Waals surface area contributed by atoms with Gasteiger partial charge in [0.1, 0.15) is 23.8 Å². The molecule has 1 N–H and O–H groups in total. The first-order chi connectivity index (χ1) is 14.0. The Labute approximate surface area is 174 Å². The van der Waals surface area contributed by atoms with Gasteiger partial charge in [-0.2, -0.15) is 0 Å². The molecule has 2 aromatic carbocycles. The Morgan fingerprint density at radius 3 is 2.76 bits per heavy atom. The Kier molecular flexibility index (Phi) is 5.76. The van der Waals surface area contributed by atoms with Crippen molar-refractivity contribution in [1.29, 1.82) is 0 Å². The van der Waals surface area contributed by atoms with E-state index in [1.165, 1.54) is 19.2 Å². The number of benzene rings is 2. The van der Waals surface area contributed by atoms with Crippen molar-refractivity contribution in [3.63, 3.8) is 0 Å². The molecule has 1 saturated heterocycles. The second kappa shape index (κ2) is 8.30. The molecule has 0 radical (unpaired) electrons. The minimum atomic E-state index is -0.396. The summed E-state index contributed by atoms with van der Waals surface area (Å²) >= 11 is 6.03. The third-order valence-corrected chi connectivity index (χ3v) is 5.72. The van der Waals surface area contributed by atoms with E-state index in [9.17, 15) is 9.18 Å². The monoisotopic (exact) mass is 419 g/mol. The lowest BCUT2D eigenvalue weighted by Gasteiger charge is -2.44. The fourth-order valence-electron chi connectivity index (χ4n) is 4.12. The van der Waals surface area contributed by atoms with E-state index in [-0.39, 0.29) is 24.2 Å². The van der Waals surface area contributed by atoms with Gasteiger partial charge in [-0.1, -0.05) is 17.7 Å². The van der Waals surface area contributed by atoms with Crippen LogP contribution in [0.5, 0.6) is 5.75 Å². The van der Waals surface area contributed by atoms with Crippen LogP contribution in [0.25, 0.3) is 11.1 Å². The minimum Gasteiger partial charge on any atom is -0.487 e. The summed E-state index contributed by atoms with van der Waals surface area (Å²) in [5, 5.41) is 3.40. The quantitative estimate of drug-likeness (QED) is 0.803. The van der Waals surface area contributed by atoms with Crippen molar-refractivity contribution >= 4 is 17.5 Å². The van der Waals surface area contributed by atoms with E-state index in [2.05, 4.69) is 5.32 Å². The minimum absolute atomic E-state index is 0.0119. The van der Waals surface area contributed by atoms with Gasteiger partial charge in [0, 0.05) is 37.0 Å². The van der Waals surface area contributed by atoms with Crippen LogP contribution in [0.4, 0.5) is 4.39 Å². The number of amides is 1. The van der Waals surface area contributed by atoms with Crippen LogP contribution in [0, 0.1) is 5.82 Å². The number of fused-ring (bicyclic) bond motifs is 1. The first-order valence-electron chi connectivity index (χ1n) is 9.63. The molecule has 0 aromatic heterocycles. The SMILES string of the molecule is COCC(=O)NC1CC2(CCOCC2)Oc2ccc(-c3cc(F)cc(Cl)c3)cc21. The van der Waals surface area contributed by atoms with Crippen molar-refractivity contribution in [1.82, 2.24) is 5.32 Å². The Balaban J connectivity index is 1.71. The van der Waals surface area contributed by atoms with Crippen LogP contribution in [-0.2, 0) is 14.3 Å². The molecule has 0 bridgehead atoms. The van der Waals surface area contributed by atoms with Crippen molar-refractivity contribution in [2.45, 2.75) is 30.9 Å². The molecule has 2 heterocycles. The van der Waals surface area contributed by atoms with E-state index in [1.807, 2.05) is 18.2 Å². The molecule has 0 saturated carbocycles. The Morgan fingerprint density at radius 1 is 1.24 bits per heavy atom. The summed E-state index contributed by atoms with van der Waals surface area (Å²) in [6.07, 6.45) is 2.18. The average Bonchev–Trinajstić information content (AvgIpc) is 2.68. The fourth-order valence-corrected chi connectivity index (χ4v) is 4.34. The summed E-state index contributed by atoms with van der Waals surface area (Å²) in [4.78, 5) is 12.3. The summed E-state index contributed by atoms with van der Waals surface area (Å²) in [7, 11) is 1.49. The van der Waals surface area contributed by atoms with Crippen LogP contribution >= 0.6 is 11.6 Å². The highest BCUT2D eigenvalue weighted by molar-refractivity contribution is 6.30. The molecule has 7 heteroatoms. The predicted molar refractivity (Wildman–Crippen MR) is 108 cm³/mol. The lowest BCUT2D eigenvalue weighted by atomic mass is 9.81. The molecule has 1 fully saturated rings. The van der Waals surface area contributed by atoms with E-state index < -0.39 is 5.82 Å². The highest BCUT2D eigenvalue weighted by Crippen LogP contribution is 2.45. The molecule has 1 spiro atoms. The molecule has 2 aliphatic rings. The van der Waals surface area contributed by atoms with Crippen LogP contribution in [0.1, 0.15) is 30.9 Å². The van der Waals surface area contributed by atoms with E-state index >= 15 is 0 Å². The van der Waals surface area contributed by atoms with Gasteiger partial charge in [0.25, 0.3) is 0 Å². The van der Waals surface area contributed by atoms with Crippen LogP contribution in [0.2, 0.25) is 5.02 Å². The molecule has 1 amide bonds. The Hall–Kier alpha value is -2.15. The fraction of sp³-hybridized carbons (Fsp3) is 0.409. The molecule has 2 aromatic rings. The second-order valence-corrected chi connectivity index (χ2v) is 8.00. The van der Waals surface area contributed by atoms with Crippen molar-refractivity contribution in [3.8, 4) is 16.9 Å². The summed E-state index contributed by atoms with van der Waals surface area (Å²) in [5.74, 6) is 0.145. The number of ether oxygens (including phenoxy) is 3. The van der Waals surface area contributed by atoms with Crippen molar-refractivity contribution in [3.05, 3.63) is 52.8 Å². The van der Waals surface area contributed by atoms with Gasteiger partial charge in [0.05, 0.1) is 19.3 Å². The summed E-state index contributed by atoms with van der Waals surface area (Å²) in [5.41, 5.74) is 1.98. The van der Waals surface area contributed by atoms with E-state index in [0.29, 0.717) is 30.2 Å². The number of carbonyl (C=O) groups is 1. The standard InChI is InChI=1S/C22H23ClFNO4/c1-27-13-21(26)25-19-12-22(4-6-28-7-5-22)29-20-3-2-14(10-18(19)20)15-8-16(23)11-17(24)9-15/h2-3,8-11,19H,4-7,12-13H2,1H3,(H,25,26). The van der Waals surface area contributed by atoms with E-state index in [1.54, 1.807) is 6.07 Å². The summed E-state index contributed by atoms with van der Waals surface area (Å²) in [6.45, 7) is 1.25. The van der Waals surface area contributed by atoms with Crippen LogP contribution in [0.3, 0.4) is 0 Å². The van der Waals surface area contributed by atoms with Crippen LogP contribution in [-0.4, -0.2) is 38.4 Å². The molecule has 5 nitrogen and oxygen atoms in total. The maximum absolute atomic E-state index is 13.8. The first-order valence-corrected chi connectivity index (χ1v) is 10.0. The van der Waals surface area contributed by atoms with Gasteiger partial charge < -0.3 is 19.5 Å². The summed E-state index contributed by atoms with van der Waals surface area (Å²) < 4.78 is 30.7. The smallest absolute Gasteiger partial charge is 0.246 e. The molecule has 154 valence electrons. The number of hydrogen-bond donors (Lipinski definition) is 1. The Bertz CT molecular complexity index is 893. The van der Waals surface area contributed by atoms with Gasteiger partial charge in [-0.15, -0.1) is 0 Å². The number of halogens is 2. The molecule has 2 aliphatic heterocycles. The average molecular weight is 420 g/mol. The van der Waals surface area contributed by atoms with E-state index in [0.717, 1.165) is 29.7 Å². The zero-order valence-electron chi connectivity index (χ0n) is 16.2. The van der Waals surface area contributed by atoms with Gasteiger partial charge in [-0.25, -0.2) is 4.39 Å². The van der Waals surface area contributed by atoms with Gasteiger partial charge in [-0.3, -0.25) is 4.79 Å². The maximum atomic E-state index is 13.8. The molecule has 1 unspecified atom stereocenters. The van der Waals surface area contributed by atoms with Gasteiger partial charge >= 0.3 is 0 Å². The van der Waals surface area contributed by atoms with E-state index in [4.69, 9.17) is 25.8 Å². The third kappa shape index (κ3) is 4.39. The molecule has 29 heavy (non-hydrogen) atoms. The number of nitrogens with one attached hydrogen (secondary N) is 1. The highest BCUT2D eigenvalue weighted by atomic mass is 35.5. The normalized spacial score (nSPS) is 20.0. The lowest BCUT2D eigenvalue weighted by molar-refractivity contribution is -0.126. The molecular weight excluding hydrogens is 397 g/mol. The summed E-state index contributed by atoms with van der Waals surface area (Å²) in [6, 6.07) is 9.90. The van der Waals surface area contributed by atoms with Gasteiger partial charge in [-0.05, 0) is 41.5 Å². The number of carbonyl (C=O) groups excluding carboxylic acids is 1. The van der Waals surface area contributed by atoms with Crippen molar-refractivity contribution in [2.75, 3.05) is 26.9 Å². The Morgan fingerprint density at radius 2 is 2.03 bits per heavy atom. The number of hydrogen-bond acceptors (Lipinski definition) is 4. The topological polar surface area (TPSA) is 56.8 Å². The van der Waals surface area contributed by atoms with Crippen molar-refractivity contribution < 1.29 is 23.4 Å². The highest BCUT2D eigenvalue weighted by Gasteiger charge is 2.42. The van der Waals surface area contributed by atoms with Gasteiger partial charge in [0.2, 0.25) is 5.91 Å². The first kappa shape index (κ1) is 20.1. The van der Waals surface area contributed by atoms with Crippen LogP contribution in [0.15, 0.2) is 36.4 Å². The maximum Gasteiger partial charge on any atom is 0.246 e. The molecule has 0 aliphatic carbocycles. The molecular formula is C22H23ClFNO4. The molecule has 1 atom stereocenters. The zero-order valence-corrected chi connectivity index (χ0v) is 16.9. The number of methoxy groups -OCH3 is 1. The third-order valence-electron chi connectivity index (χ3n) is 5.50. The van der Waals surface area contributed by atoms with Crippen LogP contribution < -0.4 is 10.1 Å². The lowest BCUT2D eigenvalue weighted by Crippen LogP contribution is -2.49. The largest absolute Gasteiger partial charge is 0.487 e. The zero-order chi connectivity index (χ0) is 20.4. The predicted octanol–water partition coefficient (Wildman–Crippen LogP) is 4.28. The second-order valence-electron chi connectivity index (χ2n) is 7.57. The molecule has 4 rings (SSSR count).